The summed E-state index contributed by atoms with van der Waals surface area (Å²) in [4.78, 5) is 23.5. The molecule has 1 aromatic carbocycles. The number of benzene rings is 1. The fraction of sp³-hybridized carbons (Fsp3) is 0.0714. The molecule has 0 spiro atoms. The zero-order valence-corrected chi connectivity index (χ0v) is 11.5. The van der Waals surface area contributed by atoms with Gasteiger partial charge in [0.1, 0.15) is 0 Å². The first-order valence-electron chi connectivity index (χ1n) is 5.76. The van der Waals surface area contributed by atoms with E-state index in [2.05, 4.69) is 15.3 Å². The van der Waals surface area contributed by atoms with Crippen LogP contribution in [0.4, 0.5) is 0 Å². The van der Waals surface area contributed by atoms with Crippen LogP contribution in [0.15, 0.2) is 46.9 Å². The molecule has 5 nitrogen and oxygen atoms in total. The standard InChI is InChI=1S/C14H12N2O3S/c1-19-14(18)11-6-4-10(5-7-11)9-15-16-13(17)12-3-2-8-20-12/h2-9H,1H3,(H,16,17)/b15-9+. The number of methoxy groups -OCH3 is 1. The molecule has 0 fully saturated rings. The second-order valence-corrected chi connectivity index (χ2v) is 4.74. The van der Waals surface area contributed by atoms with Crippen molar-refractivity contribution in [2.75, 3.05) is 7.11 Å². The lowest BCUT2D eigenvalue weighted by Crippen LogP contribution is -2.16. The molecule has 1 heterocycles. The number of nitrogens with zero attached hydrogens (tertiary/aromatic N) is 1. The summed E-state index contributed by atoms with van der Waals surface area (Å²) in [6.07, 6.45) is 1.51. The van der Waals surface area contributed by atoms with E-state index in [0.29, 0.717) is 10.4 Å². The van der Waals surface area contributed by atoms with Crippen LogP contribution in [0.1, 0.15) is 25.6 Å². The molecule has 1 aromatic heterocycles. The monoisotopic (exact) mass is 288 g/mol. The normalized spacial score (nSPS) is 10.4. The van der Waals surface area contributed by atoms with Crippen molar-refractivity contribution in [1.82, 2.24) is 5.43 Å². The summed E-state index contributed by atoms with van der Waals surface area (Å²) >= 11 is 1.35. The molecule has 0 unspecified atom stereocenters. The minimum absolute atomic E-state index is 0.248. The zero-order chi connectivity index (χ0) is 14.4. The fourth-order valence-corrected chi connectivity index (χ4v) is 2.06. The van der Waals surface area contributed by atoms with Gasteiger partial charge in [0.25, 0.3) is 5.91 Å². The number of hydrazone groups is 1. The highest BCUT2D eigenvalue weighted by atomic mass is 32.1. The van der Waals surface area contributed by atoms with E-state index in [1.807, 2.05) is 5.38 Å². The van der Waals surface area contributed by atoms with Crippen LogP contribution in [0.2, 0.25) is 0 Å². The summed E-state index contributed by atoms with van der Waals surface area (Å²) in [7, 11) is 1.33. The van der Waals surface area contributed by atoms with Crippen molar-refractivity contribution < 1.29 is 14.3 Å². The second-order valence-electron chi connectivity index (χ2n) is 3.79. The van der Waals surface area contributed by atoms with Gasteiger partial charge in [-0.2, -0.15) is 5.10 Å². The molecule has 0 saturated carbocycles. The summed E-state index contributed by atoms with van der Waals surface area (Å²) in [5.74, 6) is -0.637. The summed E-state index contributed by atoms with van der Waals surface area (Å²) < 4.78 is 4.60. The Kier molecular flexibility index (Phi) is 4.62. The van der Waals surface area contributed by atoms with E-state index in [4.69, 9.17) is 0 Å². The molecule has 0 aliphatic carbocycles. The Morgan fingerprint density at radius 2 is 2.00 bits per heavy atom. The molecule has 102 valence electrons. The van der Waals surface area contributed by atoms with Crippen LogP contribution in [0, 0.1) is 0 Å². The Morgan fingerprint density at radius 1 is 1.25 bits per heavy atom. The van der Waals surface area contributed by atoms with Gasteiger partial charge in [0.2, 0.25) is 0 Å². The van der Waals surface area contributed by atoms with Crippen LogP contribution in [0.5, 0.6) is 0 Å². The minimum atomic E-state index is -0.389. The zero-order valence-electron chi connectivity index (χ0n) is 10.7. The van der Waals surface area contributed by atoms with Crippen molar-refractivity contribution in [2.45, 2.75) is 0 Å². The van der Waals surface area contributed by atoms with Crippen LogP contribution in [-0.2, 0) is 4.74 Å². The van der Waals surface area contributed by atoms with Crippen LogP contribution >= 0.6 is 11.3 Å². The quantitative estimate of drug-likeness (QED) is 0.533. The van der Waals surface area contributed by atoms with Gasteiger partial charge in [-0.1, -0.05) is 18.2 Å². The maximum atomic E-state index is 11.6. The molecule has 2 aromatic rings. The Bertz CT molecular complexity index is 618. The molecular weight excluding hydrogens is 276 g/mol. The van der Waals surface area contributed by atoms with Gasteiger partial charge in [-0.05, 0) is 29.1 Å². The lowest BCUT2D eigenvalue weighted by Gasteiger charge is -1.99. The van der Waals surface area contributed by atoms with E-state index < -0.39 is 0 Å². The van der Waals surface area contributed by atoms with Gasteiger partial charge in [-0.15, -0.1) is 11.3 Å². The van der Waals surface area contributed by atoms with Gasteiger partial charge in [-0.25, -0.2) is 10.2 Å². The predicted octanol–water partition coefficient (Wildman–Crippen LogP) is 2.30. The maximum absolute atomic E-state index is 11.6. The molecule has 0 aliphatic rings. The molecule has 6 heteroatoms. The SMILES string of the molecule is COC(=O)c1ccc(/C=N/NC(=O)c2cccs2)cc1. The highest BCUT2D eigenvalue weighted by Crippen LogP contribution is 2.07. The number of amides is 1. The average molecular weight is 288 g/mol. The lowest BCUT2D eigenvalue weighted by atomic mass is 10.1. The average Bonchev–Trinajstić information content (AvgIpc) is 3.01. The number of ether oxygens (including phenoxy) is 1. The Labute approximate surface area is 119 Å². The fourth-order valence-electron chi connectivity index (χ4n) is 1.45. The Morgan fingerprint density at radius 3 is 2.60 bits per heavy atom. The van der Waals surface area contributed by atoms with Gasteiger partial charge in [-0.3, -0.25) is 4.79 Å². The van der Waals surface area contributed by atoms with E-state index in [0.717, 1.165) is 5.56 Å². The number of thiophene rings is 1. The van der Waals surface area contributed by atoms with E-state index in [9.17, 15) is 9.59 Å². The molecule has 0 aliphatic heterocycles. The number of carbonyl (C=O) groups is 2. The largest absolute Gasteiger partial charge is 0.465 e. The molecule has 20 heavy (non-hydrogen) atoms. The van der Waals surface area contributed by atoms with E-state index in [-0.39, 0.29) is 11.9 Å². The van der Waals surface area contributed by atoms with Crippen molar-refractivity contribution in [3.63, 3.8) is 0 Å². The highest BCUT2D eigenvalue weighted by Gasteiger charge is 2.04. The maximum Gasteiger partial charge on any atom is 0.337 e. The van der Waals surface area contributed by atoms with Crippen LogP contribution in [0.25, 0.3) is 0 Å². The number of nitrogens with one attached hydrogen (secondary N) is 1. The van der Waals surface area contributed by atoms with Gasteiger partial charge >= 0.3 is 5.97 Å². The lowest BCUT2D eigenvalue weighted by molar-refractivity contribution is 0.0600. The first-order chi connectivity index (χ1) is 9.70. The first kappa shape index (κ1) is 14.0. The number of esters is 1. The minimum Gasteiger partial charge on any atom is -0.465 e. The molecule has 0 radical (unpaired) electrons. The number of hydrogen-bond acceptors (Lipinski definition) is 5. The van der Waals surface area contributed by atoms with Crippen molar-refractivity contribution in [2.24, 2.45) is 5.10 Å². The molecule has 2 rings (SSSR count). The third-order valence-corrected chi connectivity index (χ3v) is 3.33. The van der Waals surface area contributed by atoms with Crippen molar-refractivity contribution in [3.8, 4) is 0 Å². The second kappa shape index (κ2) is 6.63. The predicted molar refractivity (Wildman–Crippen MR) is 77.2 cm³/mol. The van der Waals surface area contributed by atoms with Crippen LogP contribution < -0.4 is 5.43 Å². The summed E-state index contributed by atoms with van der Waals surface area (Å²) in [5, 5.41) is 5.68. The van der Waals surface area contributed by atoms with Crippen LogP contribution in [-0.4, -0.2) is 25.2 Å². The molecule has 0 atom stereocenters. The van der Waals surface area contributed by atoms with Gasteiger partial charge in [0.15, 0.2) is 0 Å². The van der Waals surface area contributed by atoms with Crippen molar-refractivity contribution >= 4 is 29.4 Å². The van der Waals surface area contributed by atoms with Gasteiger partial charge in [0.05, 0.1) is 23.8 Å². The van der Waals surface area contributed by atoms with Crippen molar-refractivity contribution in [1.29, 1.82) is 0 Å². The number of hydrogen-bond donors (Lipinski definition) is 1. The van der Waals surface area contributed by atoms with Gasteiger partial charge in [0, 0.05) is 0 Å². The molecule has 1 N–H and O–H groups in total. The van der Waals surface area contributed by atoms with E-state index in [1.54, 1.807) is 36.4 Å². The summed E-state index contributed by atoms with van der Waals surface area (Å²) in [5.41, 5.74) is 3.66. The highest BCUT2D eigenvalue weighted by molar-refractivity contribution is 7.12. The topological polar surface area (TPSA) is 67.8 Å². The van der Waals surface area contributed by atoms with E-state index >= 15 is 0 Å². The van der Waals surface area contributed by atoms with Crippen molar-refractivity contribution in [3.05, 3.63) is 57.8 Å². The van der Waals surface area contributed by atoms with Gasteiger partial charge < -0.3 is 4.74 Å². The number of rotatable bonds is 4. The first-order valence-corrected chi connectivity index (χ1v) is 6.64. The van der Waals surface area contributed by atoms with Crippen LogP contribution in [0.3, 0.4) is 0 Å². The van der Waals surface area contributed by atoms with E-state index in [1.165, 1.54) is 24.7 Å². The number of carbonyl (C=O) groups excluding carboxylic acids is 2. The molecule has 0 saturated heterocycles. The Balaban J connectivity index is 1.95. The molecular formula is C14H12N2O3S. The third-order valence-electron chi connectivity index (χ3n) is 2.46. The molecule has 1 amide bonds. The third kappa shape index (κ3) is 3.52. The smallest absolute Gasteiger partial charge is 0.337 e. The molecule has 0 bridgehead atoms. The summed E-state index contributed by atoms with van der Waals surface area (Å²) in [6.45, 7) is 0. The Hall–Kier alpha value is -2.47. The summed E-state index contributed by atoms with van der Waals surface area (Å²) in [6, 6.07) is 10.2.